The van der Waals surface area contributed by atoms with Crippen molar-refractivity contribution in [3.63, 3.8) is 0 Å². The molecule has 1 fully saturated rings. The molecular formula is C21H27N3O3. The van der Waals surface area contributed by atoms with Crippen LogP contribution in [-0.2, 0) is 16.0 Å². The van der Waals surface area contributed by atoms with Gasteiger partial charge in [-0.25, -0.2) is 0 Å². The van der Waals surface area contributed by atoms with Crippen molar-refractivity contribution in [2.45, 2.75) is 6.42 Å². The van der Waals surface area contributed by atoms with E-state index in [9.17, 15) is 4.79 Å². The lowest BCUT2D eigenvalue weighted by atomic mass is 10.1. The van der Waals surface area contributed by atoms with Crippen LogP contribution in [0.25, 0.3) is 0 Å². The van der Waals surface area contributed by atoms with Crippen LogP contribution < -0.4 is 20.3 Å². The maximum absolute atomic E-state index is 12.3. The van der Waals surface area contributed by atoms with E-state index >= 15 is 0 Å². The van der Waals surface area contributed by atoms with Gasteiger partial charge in [-0.2, -0.15) is 0 Å². The summed E-state index contributed by atoms with van der Waals surface area (Å²) < 4.78 is 10.8. The number of hydrogen-bond acceptors (Lipinski definition) is 5. The lowest BCUT2D eigenvalue weighted by Crippen LogP contribution is -2.37. The molecule has 1 heterocycles. The van der Waals surface area contributed by atoms with Crippen molar-refractivity contribution in [1.29, 1.82) is 0 Å². The molecule has 0 bridgehead atoms. The third-order valence-electron chi connectivity index (χ3n) is 4.58. The molecule has 1 aliphatic rings. The SMILES string of the molecule is COc1ccccc1CCNCC(=O)Nc1ccccc1N1CCOCC1. The summed E-state index contributed by atoms with van der Waals surface area (Å²) in [5.74, 6) is 0.832. The molecule has 27 heavy (non-hydrogen) atoms. The van der Waals surface area contributed by atoms with E-state index in [2.05, 4.69) is 15.5 Å². The van der Waals surface area contributed by atoms with E-state index in [-0.39, 0.29) is 12.5 Å². The molecule has 6 nitrogen and oxygen atoms in total. The number of rotatable bonds is 8. The van der Waals surface area contributed by atoms with Crippen LogP contribution in [0.15, 0.2) is 48.5 Å². The van der Waals surface area contributed by atoms with Crippen LogP contribution in [0.4, 0.5) is 11.4 Å². The summed E-state index contributed by atoms with van der Waals surface area (Å²) in [5, 5.41) is 6.22. The van der Waals surface area contributed by atoms with Crippen LogP contribution in [0.2, 0.25) is 0 Å². The maximum atomic E-state index is 12.3. The van der Waals surface area contributed by atoms with Gasteiger partial charge in [0.25, 0.3) is 0 Å². The molecule has 0 unspecified atom stereocenters. The Kier molecular flexibility index (Phi) is 7.07. The van der Waals surface area contributed by atoms with E-state index in [1.54, 1.807) is 7.11 Å². The molecule has 0 radical (unpaired) electrons. The molecule has 0 saturated carbocycles. The number of amides is 1. The average molecular weight is 369 g/mol. The van der Waals surface area contributed by atoms with Crippen molar-refractivity contribution in [2.75, 3.05) is 56.7 Å². The van der Waals surface area contributed by atoms with Gasteiger partial charge in [-0.3, -0.25) is 4.79 Å². The number of carbonyl (C=O) groups excluding carboxylic acids is 1. The number of morpholine rings is 1. The fourth-order valence-corrected chi connectivity index (χ4v) is 3.19. The summed E-state index contributed by atoms with van der Waals surface area (Å²) in [6.07, 6.45) is 0.807. The zero-order chi connectivity index (χ0) is 18.9. The smallest absolute Gasteiger partial charge is 0.238 e. The Morgan fingerprint density at radius 1 is 1.11 bits per heavy atom. The van der Waals surface area contributed by atoms with Crippen LogP contribution >= 0.6 is 0 Å². The van der Waals surface area contributed by atoms with Crippen LogP contribution in [0.3, 0.4) is 0 Å². The van der Waals surface area contributed by atoms with Crippen molar-refractivity contribution in [3.05, 3.63) is 54.1 Å². The second kappa shape index (κ2) is 9.94. The van der Waals surface area contributed by atoms with Crippen LogP contribution in [0.1, 0.15) is 5.56 Å². The minimum absolute atomic E-state index is 0.0456. The van der Waals surface area contributed by atoms with Gasteiger partial charge in [0.2, 0.25) is 5.91 Å². The first-order valence-corrected chi connectivity index (χ1v) is 9.32. The van der Waals surface area contributed by atoms with Gasteiger partial charge in [-0.15, -0.1) is 0 Å². The minimum Gasteiger partial charge on any atom is -0.496 e. The first kappa shape index (κ1) is 19.2. The summed E-state index contributed by atoms with van der Waals surface area (Å²) in [6.45, 7) is 4.08. The highest BCUT2D eigenvalue weighted by Gasteiger charge is 2.15. The van der Waals surface area contributed by atoms with Crippen molar-refractivity contribution >= 4 is 17.3 Å². The third-order valence-corrected chi connectivity index (χ3v) is 4.58. The molecule has 1 amide bonds. The number of ether oxygens (including phenoxy) is 2. The van der Waals surface area contributed by atoms with Gasteiger partial charge in [-0.1, -0.05) is 30.3 Å². The number of anilines is 2. The number of nitrogens with one attached hydrogen (secondary N) is 2. The lowest BCUT2D eigenvalue weighted by Gasteiger charge is -2.30. The van der Waals surface area contributed by atoms with Gasteiger partial charge in [0, 0.05) is 13.1 Å². The highest BCUT2D eigenvalue weighted by Crippen LogP contribution is 2.26. The fourth-order valence-electron chi connectivity index (χ4n) is 3.19. The highest BCUT2D eigenvalue weighted by molar-refractivity contribution is 5.95. The Morgan fingerprint density at radius 2 is 1.85 bits per heavy atom. The number of hydrogen-bond donors (Lipinski definition) is 2. The summed E-state index contributed by atoms with van der Waals surface area (Å²) >= 11 is 0. The third kappa shape index (κ3) is 5.45. The van der Waals surface area contributed by atoms with Gasteiger partial charge in [0.1, 0.15) is 5.75 Å². The molecule has 2 aromatic rings. The normalized spacial score (nSPS) is 14.0. The van der Waals surface area contributed by atoms with Gasteiger partial charge in [0.05, 0.1) is 38.2 Å². The van der Waals surface area contributed by atoms with E-state index in [1.807, 2.05) is 48.5 Å². The molecular weight excluding hydrogens is 342 g/mol. The van der Waals surface area contributed by atoms with E-state index in [0.717, 1.165) is 42.2 Å². The van der Waals surface area contributed by atoms with Crippen LogP contribution in [0.5, 0.6) is 5.75 Å². The molecule has 3 rings (SSSR count). The molecule has 1 saturated heterocycles. The molecule has 0 atom stereocenters. The Balaban J connectivity index is 1.48. The molecule has 2 aromatic carbocycles. The summed E-state index contributed by atoms with van der Waals surface area (Å²) in [6, 6.07) is 15.8. The average Bonchev–Trinajstić information content (AvgIpc) is 2.72. The largest absolute Gasteiger partial charge is 0.496 e. The Labute approximate surface area is 160 Å². The number of carbonyl (C=O) groups is 1. The van der Waals surface area contributed by atoms with Crippen molar-refractivity contribution < 1.29 is 14.3 Å². The molecule has 0 aliphatic carbocycles. The Morgan fingerprint density at radius 3 is 2.67 bits per heavy atom. The first-order valence-electron chi connectivity index (χ1n) is 9.32. The Hall–Kier alpha value is -2.57. The molecule has 0 aromatic heterocycles. The summed E-state index contributed by atoms with van der Waals surface area (Å²) in [4.78, 5) is 14.6. The lowest BCUT2D eigenvalue weighted by molar-refractivity contribution is -0.115. The number of para-hydroxylation sites is 3. The van der Waals surface area contributed by atoms with E-state index in [0.29, 0.717) is 19.8 Å². The molecule has 0 spiro atoms. The van der Waals surface area contributed by atoms with Crippen molar-refractivity contribution in [2.24, 2.45) is 0 Å². The number of benzene rings is 2. The standard InChI is InChI=1S/C21H27N3O3/c1-26-20-9-5-2-6-17(20)10-11-22-16-21(25)23-18-7-3-4-8-19(18)24-12-14-27-15-13-24/h2-9,22H,10-16H2,1H3,(H,23,25). The van der Waals surface area contributed by atoms with Gasteiger partial charge in [-0.05, 0) is 36.7 Å². The topological polar surface area (TPSA) is 62.8 Å². The van der Waals surface area contributed by atoms with Crippen LogP contribution in [-0.4, -0.2) is 52.4 Å². The zero-order valence-electron chi connectivity index (χ0n) is 15.7. The van der Waals surface area contributed by atoms with Crippen molar-refractivity contribution in [1.82, 2.24) is 5.32 Å². The van der Waals surface area contributed by atoms with Crippen LogP contribution in [0, 0.1) is 0 Å². The fraction of sp³-hybridized carbons (Fsp3) is 0.381. The summed E-state index contributed by atoms with van der Waals surface area (Å²) in [5.41, 5.74) is 3.02. The Bertz CT molecular complexity index is 745. The molecule has 144 valence electrons. The van der Waals surface area contributed by atoms with Gasteiger partial charge in [0.15, 0.2) is 0 Å². The predicted molar refractivity (Wildman–Crippen MR) is 108 cm³/mol. The first-order chi connectivity index (χ1) is 13.3. The summed E-state index contributed by atoms with van der Waals surface area (Å²) in [7, 11) is 1.67. The second-order valence-corrected chi connectivity index (χ2v) is 6.40. The molecule has 2 N–H and O–H groups in total. The number of nitrogens with zero attached hydrogens (tertiary/aromatic N) is 1. The predicted octanol–water partition coefficient (Wildman–Crippen LogP) is 2.30. The second-order valence-electron chi connectivity index (χ2n) is 6.40. The van der Waals surface area contributed by atoms with Crippen molar-refractivity contribution in [3.8, 4) is 5.75 Å². The monoisotopic (exact) mass is 369 g/mol. The van der Waals surface area contributed by atoms with Gasteiger partial charge >= 0.3 is 0 Å². The highest BCUT2D eigenvalue weighted by atomic mass is 16.5. The zero-order valence-corrected chi connectivity index (χ0v) is 15.7. The van der Waals surface area contributed by atoms with Gasteiger partial charge < -0.3 is 25.0 Å². The maximum Gasteiger partial charge on any atom is 0.238 e. The van der Waals surface area contributed by atoms with E-state index < -0.39 is 0 Å². The van der Waals surface area contributed by atoms with E-state index in [4.69, 9.17) is 9.47 Å². The quantitative estimate of drug-likeness (QED) is 0.699. The molecule has 6 heteroatoms. The molecule has 1 aliphatic heterocycles. The number of methoxy groups -OCH3 is 1. The van der Waals surface area contributed by atoms with E-state index in [1.165, 1.54) is 0 Å². The minimum atomic E-state index is -0.0456.